The van der Waals surface area contributed by atoms with Crippen molar-refractivity contribution in [3.05, 3.63) is 23.4 Å². The van der Waals surface area contributed by atoms with Crippen LogP contribution in [0.5, 0.6) is 5.88 Å². The van der Waals surface area contributed by atoms with Crippen molar-refractivity contribution in [3.8, 4) is 5.88 Å². The van der Waals surface area contributed by atoms with Gasteiger partial charge in [0.25, 0.3) is 0 Å². The van der Waals surface area contributed by atoms with E-state index in [0.29, 0.717) is 24.9 Å². The Balaban J connectivity index is 2.73. The largest absolute Gasteiger partial charge is 0.478 e. The number of rotatable bonds is 5. The standard InChI is InChI=1S/C15H26N2O/c1-11(2)13-8-12(10-16)9-14(17-13)18-7-6-15(3,4)5/h8-9,11H,6-7,10,16H2,1-5H3. The summed E-state index contributed by atoms with van der Waals surface area (Å²) in [5, 5.41) is 0. The van der Waals surface area contributed by atoms with E-state index in [9.17, 15) is 0 Å². The number of ether oxygens (including phenoxy) is 1. The normalized spacial score (nSPS) is 11.9. The Bertz CT molecular complexity index is 381. The zero-order chi connectivity index (χ0) is 13.8. The van der Waals surface area contributed by atoms with Crippen molar-refractivity contribution in [1.29, 1.82) is 0 Å². The molecule has 0 bridgehead atoms. The van der Waals surface area contributed by atoms with E-state index < -0.39 is 0 Å². The first kappa shape index (κ1) is 15.0. The molecule has 0 aliphatic carbocycles. The predicted octanol–water partition coefficient (Wildman–Crippen LogP) is 3.48. The lowest BCUT2D eigenvalue weighted by Crippen LogP contribution is -2.12. The molecule has 0 aliphatic rings. The molecule has 1 heterocycles. The van der Waals surface area contributed by atoms with Crippen molar-refractivity contribution in [2.24, 2.45) is 11.1 Å². The summed E-state index contributed by atoms with van der Waals surface area (Å²) in [5.41, 5.74) is 8.11. The van der Waals surface area contributed by atoms with Crippen LogP contribution in [0.15, 0.2) is 12.1 Å². The van der Waals surface area contributed by atoms with Gasteiger partial charge in [-0.25, -0.2) is 4.98 Å². The third-order valence-electron chi connectivity index (χ3n) is 2.81. The fourth-order valence-electron chi connectivity index (χ4n) is 1.53. The molecule has 0 amide bonds. The number of nitrogens with two attached hydrogens (primary N) is 1. The summed E-state index contributed by atoms with van der Waals surface area (Å²) in [4.78, 5) is 4.52. The van der Waals surface area contributed by atoms with Gasteiger partial charge in [0, 0.05) is 18.3 Å². The molecular formula is C15H26N2O. The Morgan fingerprint density at radius 3 is 2.44 bits per heavy atom. The van der Waals surface area contributed by atoms with Gasteiger partial charge in [0.2, 0.25) is 5.88 Å². The first-order valence-electron chi connectivity index (χ1n) is 6.65. The fourth-order valence-corrected chi connectivity index (χ4v) is 1.53. The molecule has 2 N–H and O–H groups in total. The van der Waals surface area contributed by atoms with E-state index in [1.54, 1.807) is 0 Å². The van der Waals surface area contributed by atoms with Crippen LogP contribution in [0.2, 0.25) is 0 Å². The summed E-state index contributed by atoms with van der Waals surface area (Å²) in [6, 6.07) is 4.00. The van der Waals surface area contributed by atoms with Crippen molar-refractivity contribution >= 4 is 0 Å². The van der Waals surface area contributed by atoms with Gasteiger partial charge in [-0.15, -0.1) is 0 Å². The monoisotopic (exact) mass is 250 g/mol. The van der Waals surface area contributed by atoms with Crippen LogP contribution < -0.4 is 10.5 Å². The molecule has 0 unspecified atom stereocenters. The van der Waals surface area contributed by atoms with Gasteiger partial charge in [0.1, 0.15) is 0 Å². The highest BCUT2D eigenvalue weighted by Gasteiger charge is 2.11. The van der Waals surface area contributed by atoms with E-state index >= 15 is 0 Å². The molecule has 3 heteroatoms. The van der Waals surface area contributed by atoms with Crippen LogP contribution in [0.3, 0.4) is 0 Å². The Hall–Kier alpha value is -1.09. The first-order valence-corrected chi connectivity index (χ1v) is 6.65. The third kappa shape index (κ3) is 5.05. The molecule has 0 radical (unpaired) electrons. The predicted molar refractivity (Wildman–Crippen MR) is 75.8 cm³/mol. The molecule has 0 aliphatic heterocycles. The van der Waals surface area contributed by atoms with Crippen molar-refractivity contribution in [3.63, 3.8) is 0 Å². The Morgan fingerprint density at radius 2 is 1.94 bits per heavy atom. The van der Waals surface area contributed by atoms with Gasteiger partial charge in [0.15, 0.2) is 0 Å². The van der Waals surface area contributed by atoms with Crippen molar-refractivity contribution < 1.29 is 4.74 Å². The van der Waals surface area contributed by atoms with E-state index in [1.807, 2.05) is 6.07 Å². The molecule has 1 aromatic heterocycles. The number of hydrogen-bond acceptors (Lipinski definition) is 3. The second-order valence-electron chi connectivity index (χ2n) is 6.26. The smallest absolute Gasteiger partial charge is 0.213 e. The minimum atomic E-state index is 0.284. The van der Waals surface area contributed by atoms with Gasteiger partial charge in [-0.3, -0.25) is 0 Å². The minimum absolute atomic E-state index is 0.284. The zero-order valence-corrected chi connectivity index (χ0v) is 12.3. The summed E-state index contributed by atoms with van der Waals surface area (Å²) >= 11 is 0. The molecule has 0 fully saturated rings. The maximum Gasteiger partial charge on any atom is 0.213 e. The van der Waals surface area contributed by atoms with Gasteiger partial charge in [-0.05, 0) is 29.4 Å². The zero-order valence-electron chi connectivity index (χ0n) is 12.3. The highest BCUT2D eigenvalue weighted by atomic mass is 16.5. The first-order chi connectivity index (χ1) is 8.31. The Morgan fingerprint density at radius 1 is 1.28 bits per heavy atom. The van der Waals surface area contributed by atoms with Gasteiger partial charge in [-0.2, -0.15) is 0 Å². The maximum atomic E-state index is 5.75. The molecule has 0 atom stereocenters. The van der Waals surface area contributed by atoms with Crippen molar-refractivity contribution in [2.45, 2.75) is 53.5 Å². The summed E-state index contributed by atoms with van der Waals surface area (Å²) in [6.45, 7) is 12.1. The Labute approximate surface area is 111 Å². The average Bonchev–Trinajstić information content (AvgIpc) is 2.26. The molecule has 0 saturated carbocycles. The number of hydrogen-bond donors (Lipinski definition) is 1. The Kier molecular flexibility index (Phi) is 5.15. The molecule has 18 heavy (non-hydrogen) atoms. The maximum absolute atomic E-state index is 5.75. The molecule has 102 valence electrons. The van der Waals surface area contributed by atoms with Gasteiger partial charge in [0.05, 0.1) is 6.61 Å². The van der Waals surface area contributed by atoms with E-state index in [-0.39, 0.29) is 5.41 Å². The van der Waals surface area contributed by atoms with E-state index in [2.05, 4.69) is 45.7 Å². The third-order valence-corrected chi connectivity index (χ3v) is 2.81. The summed E-state index contributed by atoms with van der Waals surface area (Å²) < 4.78 is 5.75. The summed E-state index contributed by atoms with van der Waals surface area (Å²) in [5.74, 6) is 1.09. The van der Waals surface area contributed by atoms with Crippen LogP contribution in [-0.4, -0.2) is 11.6 Å². The number of nitrogens with zero attached hydrogens (tertiary/aromatic N) is 1. The molecule has 0 spiro atoms. The van der Waals surface area contributed by atoms with Gasteiger partial charge >= 0.3 is 0 Å². The van der Waals surface area contributed by atoms with Crippen molar-refractivity contribution in [1.82, 2.24) is 4.98 Å². The quantitative estimate of drug-likeness (QED) is 0.870. The SMILES string of the molecule is CC(C)c1cc(CN)cc(OCCC(C)(C)C)n1. The van der Waals surface area contributed by atoms with Crippen LogP contribution in [-0.2, 0) is 6.54 Å². The lowest BCUT2D eigenvalue weighted by molar-refractivity contribution is 0.235. The van der Waals surface area contributed by atoms with Crippen LogP contribution in [0.25, 0.3) is 0 Å². The van der Waals surface area contributed by atoms with Crippen LogP contribution in [0.1, 0.15) is 58.2 Å². The average molecular weight is 250 g/mol. The summed E-state index contributed by atoms with van der Waals surface area (Å²) in [7, 11) is 0. The molecular weight excluding hydrogens is 224 g/mol. The van der Waals surface area contributed by atoms with Crippen molar-refractivity contribution in [2.75, 3.05) is 6.61 Å². The van der Waals surface area contributed by atoms with E-state index in [0.717, 1.165) is 17.7 Å². The molecule has 0 saturated heterocycles. The molecule has 3 nitrogen and oxygen atoms in total. The lowest BCUT2D eigenvalue weighted by Gasteiger charge is -2.18. The van der Waals surface area contributed by atoms with E-state index in [4.69, 9.17) is 10.5 Å². The van der Waals surface area contributed by atoms with Gasteiger partial charge < -0.3 is 10.5 Å². The number of pyridine rings is 1. The minimum Gasteiger partial charge on any atom is -0.478 e. The summed E-state index contributed by atoms with van der Waals surface area (Å²) in [6.07, 6.45) is 1.01. The second-order valence-corrected chi connectivity index (χ2v) is 6.26. The van der Waals surface area contributed by atoms with Crippen LogP contribution >= 0.6 is 0 Å². The van der Waals surface area contributed by atoms with Crippen LogP contribution in [0, 0.1) is 5.41 Å². The molecule has 1 aromatic rings. The number of aromatic nitrogens is 1. The second kappa shape index (κ2) is 6.19. The highest BCUT2D eigenvalue weighted by Crippen LogP contribution is 2.21. The molecule has 1 rings (SSSR count). The van der Waals surface area contributed by atoms with Crippen LogP contribution in [0.4, 0.5) is 0 Å². The van der Waals surface area contributed by atoms with Gasteiger partial charge in [-0.1, -0.05) is 34.6 Å². The van der Waals surface area contributed by atoms with E-state index in [1.165, 1.54) is 0 Å². The molecule has 0 aromatic carbocycles. The highest BCUT2D eigenvalue weighted by molar-refractivity contribution is 5.26. The topological polar surface area (TPSA) is 48.1 Å². The fraction of sp³-hybridized carbons (Fsp3) is 0.667. The lowest BCUT2D eigenvalue weighted by atomic mass is 9.93.